The van der Waals surface area contributed by atoms with Crippen LogP contribution in [0.4, 0.5) is 0 Å². The fraction of sp³-hybridized carbons (Fsp3) is 0.650. The Hall–Kier alpha value is -0.863. The zero-order valence-corrected chi connectivity index (χ0v) is 18.4. The number of carbonyl (C=O) groups excluding carboxylic acids is 1. The second-order valence-corrected chi connectivity index (χ2v) is 9.59. The molecule has 1 atom stereocenters. The van der Waals surface area contributed by atoms with Gasteiger partial charge in [-0.3, -0.25) is 4.79 Å². The molecule has 0 aromatic heterocycles. The van der Waals surface area contributed by atoms with Crippen LogP contribution < -0.4 is 9.72 Å². The first-order chi connectivity index (χ1) is 13.3. The first-order valence-electron chi connectivity index (χ1n) is 10.1. The molecule has 1 aliphatic rings. The minimum atomic E-state index is 0.00364. The lowest BCUT2D eigenvalue weighted by atomic mass is 10.1. The minimum absolute atomic E-state index is 0.00364. The lowest BCUT2D eigenvalue weighted by Crippen LogP contribution is -2.28. The number of nitrogens with one attached hydrogen (secondary N) is 1. The van der Waals surface area contributed by atoms with Crippen LogP contribution in [-0.2, 0) is 14.3 Å². The molecule has 0 bridgehead atoms. The second-order valence-electron chi connectivity index (χ2n) is 6.73. The molecule has 27 heavy (non-hydrogen) atoms. The maximum absolute atomic E-state index is 11.8. The molecule has 1 fully saturated rings. The highest BCUT2D eigenvalue weighted by atomic mass is 32.2. The van der Waals surface area contributed by atoms with Crippen molar-refractivity contribution in [1.82, 2.24) is 4.98 Å². The van der Waals surface area contributed by atoms with Gasteiger partial charge in [0.05, 0.1) is 15.8 Å². The molecule has 0 saturated carbocycles. The largest absolute Gasteiger partial charge is 0.485 e. The summed E-state index contributed by atoms with van der Waals surface area (Å²) in [6, 6.07) is 10.8. The van der Waals surface area contributed by atoms with Crippen LogP contribution in [0.1, 0.15) is 38.5 Å². The van der Waals surface area contributed by atoms with Crippen LogP contribution in [0.5, 0.6) is 5.75 Å². The Bertz CT molecular complexity index is 498. The lowest BCUT2D eigenvalue weighted by molar-refractivity contribution is -0.112. The second kappa shape index (κ2) is 15.1. The van der Waals surface area contributed by atoms with Crippen LogP contribution in [-0.4, -0.2) is 53.2 Å². The Morgan fingerprint density at radius 1 is 1.19 bits per heavy atom. The van der Waals surface area contributed by atoms with Gasteiger partial charge in [0.25, 0.3) is 0 Å². The van der Waals surface area contributed by atoms with Gasteiger partial charge in [0, 0.05) is 12.4 Å². The molecule has 1 unspecified atom stereocenters. The fourth-order valence-electron chi connectivity index (χ4n) is 2.89. The number of para-hydroxylation sites is 1. The number of benzene rings is 1. The van der Waals surface area contributed by atoms with Crippen LogP contribution in [0, 0.1) is 0 Å². The van der Waals surface area contributed by atoms with E-state index in [-0.39, 0.29) is 21.4 Å². The van der Waals surface area contributed by atoms with E-state index in [0.29, 0.717) is 12.9 Å². The average Bonchev–Trinajstić information content (AvgIpc) is 2.67. The van der Waals surface area contributed by atoms with Gasteiger partial charge in [-0.1, -0.05) is 42.8 Å². The first-order valence-corrected chi connectivity index (χ1v) is 12.8. The zero-order valence-electron chi connectivity index (χ0n) is 16.2. The monoisotopic (exact) mass is 411 g/mol. The molecule has 0 spiro atoms. The summed E-state index contributed by atoms with van der Waals surface area (Å²) in [5.41, 5.74) is 0. The van der Waals surface area contributed by atoms with E-state index >= 15 is 0 Å². The van der Waals surface area contributed by atoms with E-state index < -0.39 is 0 Å². The highest BCUT2D eigenvalue weighted by Crippen LogP contribution is 2.13. The van der Waals surface area contributed by atoms with Gasteiger partial charge in [-0.15, -0.1) is 0 Å². The normalized spacial score (nSPS) is 18.7. The maximum atomic E-state index is 11.8. The fourth-order valence-corrected chi connectivity index (χ4v) is 4.86. The van der Waals surface area contributed by atoms with Crippen molar-refractivity contribution in [2.45, 2.75) is 50.7 Å². The summed E-state index contributed by atoms with van der Waals surface area (Å²) in [5.74, 6) is 1.58. The van der Waals surface area contributed by atoms with Crippen LogP contribution in [0.2, 0.25) is 6.04 Å². The average molecular weight is 412 g/mol. The molecule has 1 N–H and O–H groups in total. The van der Waals surface area contributed by atoms with Gasteiger partial charge in [0.15, 0.2) is 6.61 Å². The highest BCUT2D eigenvalue weighted by molar-refractivity contribution is 8.13. The smallest absolute Gasteiger partial charge is 0.226 e. The molecule has 7 heteroatoms. The Balaban J connectivity index is 1.36. The number of hydrogen-bond acceptors (Lipinski definition) is 6. The van der Waals surface area contributed by atoms with E-state index in [1.54, 1.807) is 0 Å². The molecule has 5 nitrogen and oxygen atoms in total. The van der Waals surface area contributed by atoms with Gasteiger partial charge < -0.3 is 19.2 Å². The van der Waals surface area contributed by atoms with E-state index in [1.807, 2.05) is 30.3 Å². The van der Waals surface area contributed by atoms with Crippen LogP contribution in [0.15, 0.2) is 30.3 Å². The summed E-state index contributed by atoms with van der Waals surface area (Å²) in [6.45, 7) is 2.37. The molecule has 0 aliphatic carbocycles. The summed E-state index contributed by atoms with van der Waals surface area (Å²) >= 11 is 1.35. The Morgan fingerprint density at radius 2 is 2.07 bits per heavy atom. The number of thioether (sulfide) groups is 1. The zero-order chi connectivity index (χ0) is 19.0. The molecule has 1 aromatic carbocycles. The maximum Gasteiger partial charge on any atom is 0.226 e. The van der Waals surface area contributed by atoms with Gasteiger partial charge >= 0.3 is 0 Å². The van der Waals surface area contributed by atoms with Crippen molar-refractivity contribution in [3.8, 4) is 5.75 Å². The van der Waals surface area contributed by atoms with E-state index in [2.05, 4.69) is 4.98 Å². The summed E-state index contributed by atoms with van der Waals surface area (Å²) in [7, 11) is 0.00364. The standard InChI is InChI=1S/C20H33NO4SSi/c22-20(16-24-18-8-3-1-4-9-18)26-14-6-2-5-13-23-17-25-19-10-7-15-27-21-12-11-19/h1,3-4,8-9,19,21H,2,5-7,10-17,27H2. The van der Waals surface area contributed by atoms with E-state index in [1.165, 1.54) is 30.6 Å². The van der Waals surface area contributed by atoms with Crippen LogP contribution in [0.25, 0.3) is 0 Å². The number of ether oxygens (including phenoxy) is 3. The molecular formula is C20H33NO4SSi. The third-order valence-corrected chi connectivity index (χ3v) is 6.95. The van der Waals surface area contributed by atoms with Gasteiger partial charge in [-0.05, 0) is 50.4 Å². The van der Waals surface area contributed by atoms with E-state index in [9.17, 15) is 4.79 Å². The number of hydrogen-bond donors (Lipinski definition) is 1. The molecule has 1 aliphatic heterocycles. The molecule has 1 aromatic rings. The van der Waals surface area contributed by atoms with Crippen molar-refractivity contribution in [3.63, 3.8) is 0 Å². The summed E-state index contributed by atoms with van der Waals surface area (Å²) in [4.78, 5) is 15.3. The third kappa shape index (κ3) is 11.5. The van der Waals surface area contributed by atoms with Gasteiger partial charge in [0.1, 0.15) is 12.5 Å². The van der Waals surface area contributed by atoms with Crippen molar-refractivity contribution in [1.29, 1.82) is 0 Å². The topological polar surface area (TPSA) is 56.8 Å². The predicted octanol–water partition coefficient (Wildman–Crippen LogP) is 3.13. The third-order valence-electron chi connectivity index (χ3n) is 4.46. The summed E-state index contributed by atoms with van der Waals surface area (Å²) in [5, 5.41) is 0.0832. The Labute approximate surface area is 169 Å². The van der Waals surface area contributed by atoms with Crippen LogP contribution in [0.3, 0.4) is 0 Å². The van der Waals surface area contributed by atoms with Gasteiger partial charge in [0.2, 0.25) is 5.12 Å². The van der Waals surface area contributed by atoms with Gasteiger partial charge in [-0.2, -0.15) is 0 Å². The molecular weight excluding hydrogens is 378 g/mol. The van der Waals surface area contributed by atoms with Crippen molar-refractivity contribution in [2.75, 3.05) is 32.3 Å². The lowest BCUT2D eigenvalue weighted by Gasteiger charge is -2.20. The molecule has 0 radical (unpaired) electrons. The SMILES string of the molecule is O=C(COc1ccccc1)SCCCCCOCOC1CCC[SiH2]NCC1. The quantitative estimate of drug-likeness (QED) is 0.324. The van der Waals surface area contributed by atoms with Crippen molar-refractivity contribution in [2.24, 2.45) is 0 Å². The summed E-state index contributed by atoms with van der Waals surface area (Å²) in [6.07, 6.45) is 7.02. The molecule has 152 valence electrons. The molecule has 0 amide bonds. The number of carbonyl (C=O) groups is 1. The number of rotatable bonds is 12. The molecule has 2 rings (SSSR count). The first kappa shape index (κ1) is 22.4. The molecule has 1 heterocycles. The number of unbranched alkanes of at least 4 members (excludes halogenated alkanes) is 2. The van der Waals surface area contributed by atoms with Crippen molar-refractivity contribution < 1.29 is 19.0 Å². The van der Waals surface area contributed by atoms with Crippen LogP contribution >= 0.6 is 11.8 Å². The van der Waals surface area contributed by atoms with Crippen molar-refractivity contribution >= 4 is 26.6 Å². The predicted molar refractivity (Wildman–Crippen MR) is 114 cm³/mol. The van der Waals surface area contributed by atoms with E-state index in [0.717, 1.165) is 50.3 Å². The van der Waals surface area contributed by atoms with E-state index in [4.69, 9.17) is 14.2 Å². The Kier molecular flexibility index (Phi) is 12.5. The summed E-state index contributed by atoms with van der Waals surface area (Å²) < 4.78 is 16.9. The highest BCUT2D eigenvalue weighted by Gasteiger charge is 2.11. The minimum Gasteiger partial charge on any atom is -0.485 e. The Morgan fingerprint density at radius 3 is 2.96 bits per heavy atom. The van der Waals surface area contributed by atoms with Gasteiger partial charge in [-0.25, -0.2) is 0 Å². The molecule has 1 saturated heterocycles. The van der Waals surface area contributed by atoms with Crippen molar-refractivity contribution in [3.05, 3.63) is 30.3 Å².